The van der Waals surface area contributed by atoms with Crippen LogP contribution in [0, 0.1) is 0 Å². The molecule has 2 aromatic rings. The number of nitrogens with zero attached hydrogens (tertiary/aromatic N) is 3. The monoisotopic (exact) mass is 457 g/mol. The number of carbonyl (C=O) groups is 1. The summed E-state index contributed by atoms with van der Waals surface area (Å²) in [6.45, 7) is 3.89. The number of hydrogen-bond acceptors (Lipinski definition) is 4. The zero-order valence-electron chi connectivity index (χ0n) is 16.7. The van der Waals surface area contributed by atoms with Gasteiger partial charge in [-0.3, -0.25) is 14.7 Å². The van der Waals surface area contributed by atoms with Gasteiger partial charge in [0.25, 0.3) is 0 Å². The Kier molecular flexibility index (Phi) is 6.82. The molecule has 2 saturated heterocycles. The number of carbonyl (C=O) groups excluding carboxylic acids is 1. The summed E-state index contributed by atoms with van der Waals surface area (Å²) in [7, 11) is 0. The van der Waals surface area contributed by atoms with Crippen molar-refractivity contribution >= 4 is 21.8 Å². The fraction of sp³-hybridized carbons (Fsp3) is 0.478. The van der Waals surface area contributed by atoms with Gasteiger partial charge in [0.15, 0.2) is 0 Å². The van der Waals surface area contributed by atoms with Crippen LogP contribution in [0.4, 0.5) is 0 Å². The van der Waals surface area contributed by atoms with Gasteiger partial charge in [-0.25, -0.2) is 0 Å². The second-order valence-electron chi connectivity index (χ2n) is 7.95. The molecule has 0 N–H and O–H groups in total. The van der Waals surface area contributed by atoms with Crippen LogP contribution in [0.5, 0.6) is 5.75 Å². The molecule has 5 nitrogen and oxygen atoms in total. The Hall–Kier alpha value is -1.92. The summed E-state index contributed by atoms with van der Waals surface area (Å²) < 4.78 is 7.13. The van der Waals surface area contributed by atoms with Crippen LogP contribution < -0.4 is 4.74 Å². The smallest absolute Gasteiger partial charge is 0.226 e. The molecule has 1 aromatic carbocycles. The van der Waals surface area contributed by atoms with Crippen molar-refractivity contribution in [2.24, 2.45) is 0 Å². The number of hydrogen-bond donors (Lipinski definition) is 0. The lowest BCUT2D eigenvalue weighted by Gasteiger charge is -2.41. The van der Waals surface area contributed by atoms with E-state index in [9.17, 15) is 4.79 Å². The molecule has 154 valence electrons. The zero-order chi connectivity index (χ0) is 20.1. The molecule has 0 radical (unpaired) electrons. The summed E-state index contributed by atoms with van der Waals surface area (Å²) in [6.07, 6.45) is 8.60. The van der Waals surface area contributed by atoms with Crippen LogP contribution in [0.15, 0.2) is 53.3 Å². The van der Waals surface area contributed by atoms with Crippen LogP contribution in [0.25, 0.3) is 0 Å². The number of ether oxygens (including phenoxy) is 1. The van der Waals surface area contributed by atoms with E-state index in [0.29, 0.717) is 18.6 Å². The largest absolute Gasteiger partial charge is 0.490 e. The van der Waals surface area contributed by atoms with Crippen LogP contribution in [-0.2, 0) is 11.2 Å². The van der Waals surface area contributed by atoms with E-state index in [0.717, 1.165) is 67.6 Å². The van der Waals surface area contributed by atoms with Crippen molar-refractivity contribution in [1.29, 1.82) is 0 Å². The van der Waals surface area contributed by atoms with Crippen molar-refractivity contribution in [3.8, 4) is 5.75 Å². The second-order valence-corrected chi connectivity index (χ2v) is 8.87. The van der Waals surface area contributed by atoms with E-state index in [1.807, 2.05) is 41.3 Å². The Morgan fingerprint density at radius 3 is 2.28 bits per heavy atom. The second kappa shape index (κ2) is 9.72. The Labute approximate surface area is 181 Å². The topological polar surface area (TPSA) is 45.7 Å². The minimum atomic E-state index is 0.246. The lowest BCUT2D eigenvalue weighted by Crippen LogP contribution is -2.50. The van der Waals surface area contributed by atoms with Crippen molar-refractivity contribution in [1.82, 2.24) is 14.8 Å². The first kappa shape index (κ1) is 20.4. The predicted molar refractivity (Wildman–Crippen MR) is 117 cm³/mol. The minimum absolute atomic E-state index is 0.246. The first-order valence-electron chi connectivity index (χ1n) is 10.5. The van der Waals surface area contributed by atoms with E-state index >= 15 is 0 Å². The van der Waals surface area contributed by atoms with E-state index in [1.54, 1.807) is 12.4 Å². The number of aromatic nitrogens is 1. The highest BCUT2D eigenvalue weighted by molar-refractivity contribution is 9.10. The molecule has 0 spiro atoms. The number of likely N-dealkylation sites (tertiary alicyclic amines) is 2. The Morgan fingerprint density at radius 2 is 1.62 bits per heavy atom. The highest BCUT2D eigenvalue weighted by atomic mass is 79.9. The van der Waals surface area contributed by atoms with Crippen LogP contribution in [-0.4, -0.2) is 59.0 Å². The Balaban J connectivity index is 1.20. The molecule has 0 atom stereocenters. The van der Waals surface area contributed by atoms with Crippen molar-refractivity contribution in [3.63, 3.8) is 0 Å². The van der Waals surface area contributed by atoms with Crippen LogP contribution >= 0.6 is 15.9 Å². The van der Waals surface area contributed by atoms with Gasteiger partial charge in [-0.15, -0.1) is 0 Å². The SMILES string of the molecule is O=C(Cc1ccc(Br)cc1)N1CCC(N2CCC(Oc3ccncc3)CC2)CC1. The number of pyridine rings is 1. The summed E-state index contributed by atoms with van der Waals surface area (Å²) in [5.41, 5.74) is 1.08. The maximum absolute atomic E-state index is 12.6. The van der Waals surface area contributed by atoms with Gasteiger partial charge in [0.2, 0.25) is 5.91 Å². The number of halogens is 1. The molecule has 3 heterocycles. The first-order chi connectivity index (χ1) is 14.2. The predicted octanol–water partition coefficient (Wildman–Crippen LogP) is 3.92. The van der Waals surface area contributed by atoms with Gasteiger partial charge in [0.05, 0.1) is 6.42 Å². The van der Waals surface area contributed by atoms with Gasteiger partial charge < -0.3 is 9.64 Å². The lowest BCUT2D eigenvalue weighted by molar-refractivity contribution is -0.132. The zero-order valence-corrected chi connectivity index (χ0v) is 18.3. The highest BCUT2D eigenvalue weighted by Gasteiger charge is 2.30. The molecular weight excluding hydrogens is 430 g/mol. The quantitative estimate of drug-likeness (QED) is 0.682. The molecule has 1 aromatic heterocycles. The Bertz CT molecular complexity index is 784. The molecule has 6 heteroatoms. The number of piperidine rings is 2. The van der Waals surface area contributed by atoms with Gasteiger partial charge >= 0.3 is 0 Å². The third-order valence-electron chi connectivity index (χ3n) is 6.03. The van der Waals surface area contributed by atoms with Crippen LogP contribution in [0.3, 0.4) is 0 Å². The third-order valence-corrected chi connectivity index (χ3v) is 6.56. The molecular formula is C23H28BrN3O2. The summed E-state index contributed by atoms with van der Waals surface area (Å²) in [5.74, 6) is 1.16. The van der Waals surface area contributed by atoms with Gasteiger partial charge in [0, 0.05) is 49.1 Å². The molecule has 4 rings (SSSR count). The lowest BCUT2D eigenvalue weighted by atomic mass is 9.98. The normalized spacial score (nSPS) is 19.3. The van der Waals surface area contributed by atoms with E-state index in [-0.39, 0.29) is 5.91 Å². The molecule has 1 amide bonds. The molecule has 0 bridgehead atoms. The number of rotatable bonds is 5. The number of benzene rings is 1. The molecule has 0 saturated carbocycles. The van der Waals surface area contributed by atoms with Gasteiger partial charge in [-0.2, -0.15) is 0 Å². The van der Waals surface area contributed by atoms with Crippen molar-refractivity contribution < 1.29 is 9.53 Å². The van der Waals surface area contributed by atoms with Gasteiger partial charge in [-0.05, 0) is 55.5 Å². The maximum atomic E-state index is 12.6. The molecule has 29 heavy (non-hydrogen) atoms. The minimum Gasteiger partial charge on any atom is -0.490 e. The summed E-state index contributed by atoms with van der Waals surface area (Å²) in [4.78, 5) is 21.3. The van der Waals surface area contributed by atoms with Crippen molar-refractivity contribution in [2.45, 2.75) is 44.2 Å². The Morgan fingerprint density at radius 1 is 0.966 bits per heavy atom. The number of amides is 1. The van der Waals surface area contributed by atoms with Crippen molar-refractivity contribution in [3.05, 3.63) is 58.8 Å². The van der Waals surface area contributed by atoms with Crippen molar-refractivity contribution in [2.75, 3.05) is 26.2 Å². The van der Waals surface area contributed by atoms with E-state index in [2.05, 4.69) is 25.8 Å². The van der Waals surface area contributed by atoms with Gasteiger partial charge in [0.1, 0.15) is 11.9 Å². The van der Waals surface area contributed by atoms with Crippen LogP contribution in [0.1, 0.15) is 31.2 Å². The summed E-state index contributed by atoms with van der Waals surface area (Å²) >= 11 is 3.44. The average Bonchev–Trinajstić information content (AvgIpc) is 2.77. The van der Waals surface area contributed by atoms with E-state index in [4.69, 9.17) is 4.74 Å². The fourth-order valence-electron chi connectivity index (χ4n) is 4.34. The molecule has 0 aliphatic carbocycles. The molecule has 2 fully saturated rings. The fourth-order valence-corrected chi connectivity index (χ4v) is 4.60. The average molecular weight is 458 g/mol. The maximum Gasteiger partial charge on any atom is 0.226 e. The summed E-state index contributed by atoms with van der Waals surface area (Å²) in [5, 5.41) is 0. The van der Waals surface area contributed by atoms with Gasteiger partial charge in [-0.1, -0.05) is 28.1 Å². The van der Waals surface area contributed by atoms with Crippen LogP contribution in [0.2, 0.25) is 0 Å². The van der Waals surface area contributed by atoms with E-state index in [1.165, 1.54) is 0 Å². The standard InChI is InChI=1S/C23H28BrN3O2/c24-19-3-1-18(2-4-19)17-23(28)27-13-7-20(8-14-27)26-15-9-22(10-16-26)29-21-5-11-25-12-6-21/h1-6,11-12,20,22H,7-10,13-17H2. The molecule has 0 unspecified atom stereocenters. The third kappa shape index (κ3) is 5.58. The molecule has 2 aliphatic rings. The first-order valence-corrected chi connectivity index (χ1v) is 11.3. The summed E-state index contributed by atoms with van der Waals surface area (Å²) in [6, 6.07) is 12.5. The van der Waals surface area contributed by atoms with E-state index < -0.39 is 0 Å². The highest BCUT2D eigenvalue weighted by Crippen LogP contribution is 2.24. The molecule has 2 aliphatic heterocycles.